The molecular weight excluding hydrogens is 258 g/mol. The summed E-state index contributed by atoms with van der Waals surface area (Å²) in [4.78, 5) is 13.7. The van der Waals surface area contributed by atoms with Gasteiger partial charge < -0.3 is 20.3 Å². The van der Waals surface area contributed by atoms with Crippen molar-refractivity contribution in [2.45, 2.75) is 6.92 Å². The molecule has 3 N–H and O–H groups in total. The van der Waals surface area contributed by atoms with E-state index in [-0.39, 0.29) is 11.7 Å². The van der Waals surface area contributed by atoms with Crippen LogP contribution >= 0.6 is 0 Å². The van der Waals surface area contributed by atoms with Gasteiger partial charge in [-0.25, -0.2) is 0 Å². The second kappa shape index (κ2) is 5.48. The average molecular weight is 273 g/mol. The maximum atomic E-state index is 12.3. The Morgan fingerprint density at radius 2 is 2.15 bits per heavy atom. The molecule has 104 valence electrons. The molecule has 0 aliphatic carbocycles. The Bertz CT molecular complexity index is 661. The van der Waals surface area contributed by atoms with Crippen molar-refractivity contribution in [1.82, 2.24) is 0 Å². The highest BCUT2D eigenvalue weighted by Crippen LogP contribution is 2.19. The van der Waals surface area contributed by atoms with Crippen molar-refractivity contribution in [3.8, 4) is 0 Å². The van der Waals surface area contributed by atoms with E-state index in [4.69, 9.17) is 15.4 Å². The van der Waals surface area contributed by atoms with Crippen molar-refractivity contribution < 1.29 is 14.4 Å². The quantitative estimate of drug-likeness (QED) is 0.387. The van der Waals surface area contributed by atoms with Gasteiger partial charge in [-0.1, -0.05) is 17.3 Å². The number of amidine groups is 1. The molecule has 0 saturated heterocycles. The number of hydrogen-bond donors (Lipinski definition) is 2. The number of nitrogens with zero attached hydrogens (tertiary/aromatic N) is 2. The molecule has 0 aliphatic heterocycles. The minimum absolute atomic E-state index is 0.0121. The van der Waals surface area contributed by atoms with E-state index in [0.29, 0.717) is 17.0 Å². The SMILES string of the molecule is Cc1ccoc1C(=O)N(C)c1cccc(C(N)=NO)c1. The van der Waals surface area contributed by atoms with Crippen LogP contribution in [0.15, 0.2) is 46.2 Å². The van der Waals surface area contributed by atoms with E-state index in [1.807, 2.05) is 0 Å². The number of anilines is 1. The van der Waals surface area contributed by atoms with Crippen molar-refractivity contribution in [2.24, 2.45) is 10.9 Å². The first-order chi connectivity index (χ1) is 9.54. The minimum atomic E-state index is -0.260. The van der Waals surface area contributed by atoms with Gasteiger partial charge in [0.05, 0.1) is 6.26 Å². The van der Waals surface area contributed by atoms with E-state index in [0.717, 1.165) is 5.56 Å². The van der Waals surface area contributed by atoms with Crippen LogP contribution in [0.2, 0.25) is 0 Å². The summed E-state index contributed by atoms with van der Waals surface area (Å²) in [6.45, 7) is 1.80. The molecule has 0 unspecified atom stereocenters. The Kier molecular flexibility index (Phi) is 3.74. The third-order valence-corrected chi connectivity index (χ3v) is 3.00. The van der Waals surface area contributed by atoms with Crippen LogP contribution in [-0.4, -0.2) is 24.0 Å². The summed E-state index contributed by atoms with van der Waals surface area (Å²) >= 11 is 0. The Morgan fingerprint density at radius 3 is 2.75 bits per heavy atom. The molecule has 1 aromatic carbocycles. The van der Waals surface area contributed by atoms with Gasteiger partial charge in [-0.05, 0) is 25.1 Å². The van der Waals surface area contributed by atoms with E-state index in [9.17, 15) is 4.79 Å². The van der Waals surface area contributed by atoms with Gasteiger partial charge in [-0.2, -0.15) is 0 Å². The lowest BCUT2D eigenvalue weighted by Crippen LogP contribution is -2.26. The van der Waals surface area contributed by atoms with Crippen LogP contribution < -0.4 is 10.6 Å². The van der Waals surface area contributed by atoms with Gasteiger partial charge in [0.2, 0.25) is 0 Å². The minimum Gasteiger partial charge on any atom is -0.459 e. The summed E-state index contributed by atoms with van der Waals surface area (Å²) in [5.74, 6) is 0.0211. The lowest BCUT2D eigenvalue weighted by molar-refractivity contribution is 0.0965. The molecule has 2 aromatic rings. The predicted octanol–water partition coefficient (Wildman–Crippen LogP) is 1.96. The lowest BCUT2D eigenvalue weighted by atomic mass is 10.1. The van der Waals surface area contributed by atoms with Gasteiger partial charge in [0.25, 0.3) is 5.91 Å². The van der Waals surface area contributed by atoms with Gasteiger partial charge in [-0.15, -0.1) is 0 Å². The first-order valence-electron chi connectivity index (χ1n) is 5.94. The molecule has 0 spiro atoms. The molecular formula is C14H15N3O3. The number of benzene rings is 1. The van der Waals surface area contributed by atoms with Crippen molar-refractivity contribution >= 4 is 17.4 Å². The number of carbonyl (C=O) groups excluding carboxylic acids is 1. The number of rotatable bonds is 3. The highest BCUT2D eigenvalue weighted by molar-refractivity contribution is 6.05. The fourth-order valence-corrected chi connectivity index (χ4v) is 1.79. The Hall–Kier alpha value is -2.76. The van der Waals surface area contributed by atoms with Gasteiger partial charge in [0.15, 0.2) is 11.6 Å². The summed E-state index contributed by atoms with van der Waals surface area (Å²) in [6.07, 6.45) is 1.48. The number of nitrogens with two attached hydrogens (primary N) is 1. The number of furan rings is 1. The molecule has 6 nitrogen and oxygen atoms in total. The Morgan fingerprint density at radius 1 is 1.40 bits per heavy atom. The molecule has 0 radical (unpaired) electrons. The number of aryl methyl sites for hydroxylation is 1. The van der Waals surface area contributed by atoms with Gasteiger partial charge in [0.1, 0.15) is 0 Å². The van der Waals surface area contributed by atoms with Gasteiger partial charge in [-0.3, -0.25) is 4.79 Å². The highest BCUT2D eigenvalue weighted by atomic mass is 16.4. The number of amides is 1. The van der Waals surface area contributed by atoms with E-state index >= 15 is 0 Å². The number of hydrogen-bond acceptors (Lipinski definition) is 4. The van der Waals surface area contributed by atoms with Crippen molar-refractivity contribution in [1.29, 1.82) is 0 Å². The molecule has 1 aromatic heterocycles. The van der Waals surface area contributed by atoms with Crippen LogP contribution in [0, 0.1) is 6.92 Å². The van der Waals surface area contributed by atoms with E-state index in [1.54, 1.807) is 44.3 Å². The third kappa shape index (κ3) is 2.49. The second-order valence-corrected chi connectivity index (χ2v) is 4.33. The van der Waals surface area contributed by atoms with Crippen molar-refractivity contribution in [3.63, 3.8) is 0 Å². The standard InChI is InChI=1S/C14H15N3O3/c1-9-6-7-20-12(9)14(18)17(2)11-5-3-4-10(8-11)13(15)16-19/h3-8,19H,1-2H3,(H2,15,16). The monoisotopic (exact) mass is 273 g/mol. The normalized spacial score (nSPS) is 11.4. The second-order valence-electron chi connectivity index (χ2n) is 4.33. The third-order valence-electron chi connectivity index (χ3n) is 3.00. The van der Waals surface area contributed by atoms with Crippen LogP contribution in [0.5, 0.6) is 0 Å². The summed E-state index contributed by atoms with van der Waals surface area (Å²) in [5.41, 5.74) is 7.46. The zero-order valence-electron chi connectivity index (χ0n) is 11.2. The fourth-order valence-electron chi connectivity index (χ4n) is 1.79. The molecule has 1 amide bonds. The van der Waals surface area contributed by atoms with Crippen LogP contribution in [0.1, 0.15) is 21.7 Å². The molecule has 6 heteroatoms. The first-order valence-corrected chi connectivity index (χ1v) is 5.94. The number of carbonyl (C=O) groups is 1. The Balaban J connectivity index is 2.32. The molecule has 0 saturated carbocycles. The van der Waals surface area contributed by atoms with E-state index in [2.05, 4.69) is 5.16 Å². The predicted molar refractivity (Wildman–Crippen MR) is 75.1 cm³/mol. The summed E-state index contributed by atoms with van der Waals surface area (Å²) in [6, 6.07) is 8.56. The summed E-state index contributed by atoms with van der Waals surface area (Å²) in [5, 5.41) is 11.6. The zero-order valence-corrected chi connectivity index (χ0v) is 11.2. The topological polar surface area (TPSA) is 92.1 Å². The molecule has 2 rings (SSSR count). The Labute approximate surface area is 116 Å². The van der Waals surface area contributed by atoms with Gasteiger partial charge in [0, 0.05) is 23.9 Å². The zero-order chi connectivity index (χ0) is 14.7. The van der Waals surface area contributed by atoms with Gasteiger partial charge >= 0.3 is 0 Å². The van der Waals surface area contributed by atoms with Crippen molar-refractivity contribution in [2.75, 3.05) is 11.9 Å². The van der Waals surface area contributed by atoms with Crippen LogP contribution in [0.25, 0.3) is 0 Å². The van der Waals surface area contributed by atoms with E-state index in [1.165, 1.54) is 11.2 Å². The van der Waals surface area contributed by atoms with Crippen LogP contribution in [0.4, 0.5) is 5.69 Å². The molecule has 1 heterocycles. The summed E-state index contributed by atoms with van der Waals surface area (Å²) < 4.78 is 5.19. The highest BCUT2D eigenvalue weighted by Gasteiger charge is 2.19. The first kappa shape index (κ1) is 13.7. The van der Waals surface area contributed by atoms with E-state index < -0.39 is 0 Å². The molecule has 20 heavy (non-hydrogen) atoms. The maximum Gasteiger partial charge on any atom is 0.293 e. The van der Waals surface area contributed by atoms with Crippen LogP contribution in [0.3, 0.4) is 0 Å². The van der Waals surface area contributed by atoms with Crippen LogP contribution in [-0.2, 0) is 0 Å². The largest absolute Gasteiger partial charge is 0.459 e. The molecule has 0 bridgehead atoms. The lowest BCUT2D eigenvalue weighted by Gasteiger charge is -2.17. The fraction of sp³-hybridized carbons (Fsp3) is 0.143. The van der Waals surface area contributed by atoms with Crippen molar-refractivity contribution in [3.05, 3.63) is 53.5 Å². The number of oxime groups is 1. The molecule has 0 fully saturated rings. The summed E-state index contributed by atoms with van der Waals surface area (Å²) in [7, 11) is 1.63. The smallest absolute Gasteiger partial charge is 0.293 e. The average Bonchev–Trinajstić information content (AvgIpc) is 2.91. The molecule has 0 aliphatic rings. The maximum absolute atomic E-state index is 12.3. The molecule has 0 atom stereocenters.